The van der Waals surface area contributed by atoms with E-state index in [4.69, 9.17) is 14.2 Å². The highest BCUT2D eigenvalue weighted by atomic mass is 16.6. The van der Waals surface area contributed by atoms with Gasteiger partial charge < -0.3 is 29.0 Å². The molecule has 0 amide bonds. The van der Waals surface area contributed by atoms with Gasteiger partial charge in [-0.1, -0.05) is 44.2 Å². The van der Waals surface area contributed by atoms with Crippen molar-refractivity contribution in [1.29, 1.82) is 0 Å². The minimum atomic E-state index is -0.806. The maximum Gasteiger partial charge on any atom is 0.309 e. The number of benzene rings is 1. The van der Waals surface area contributed by atoms with Gasteiger partial charge >= 0.3 is 11.9 Å². The van der Waals surface area contributed by atoms with Crippen LogP contribution in [0.3, 0.4) is 0 Å². The molecule has 37 heavy (non-hydrogen) atoms. The Morgan fingerprint density at radius 1 is 1.19 bits per heavy atom. The molecule has 0 saturated carbocycles. The second-order valence-electron chi connectivity index (χ2n) is 10.3. The Hall–Kier alpha value is -2.29. The molecule has 6 unspecified atom stereocenters. The second kappa shape index (κ2) is 16.5. The van der Waals surface area contributed by atoms with Gasteiger partial charge in [0.1, 0.15) is 18.5 Å². The largest absolute Gasteiger partial charge is 0.463 e. The number of rotatable bonds is 8. The summed E-state index contributed by atoms with van der Waals surface area (Å²) < 4.78 is 16.9. The highest BCUT2D eigenvalue weighted by Gasteiger charge is 2.32. The molecule has 1 aliphatic rings. The van der Waals surface area contributed by atoms with Crippen LogP contribution in [0, 0.1) is 11.8 Å². The molecule has 208 valence electrons. The van der Waals surface area contributed by atoms with Crippen LogP contribution in [0.25, 0.3) is 0 Å². The van der Waals surface area contributed by atoms with Crippen molar-refractivity contribution in [1.82, 2.24) is 4.90 Å². The average molecular weight is 520 g/mol. The average Bonchev–Trinajstić information content (AvgIpc) is 2.88. The normalized spacial score (nSPS) is 28.9. The van der Waals surface area contributed by atoms with Crippen LogP contribution in [0.1, 0.15) is 64.9 Å². The summed E-state index contributed by atoms with van der Waals surface area (Å²) in [7, 11) is 1.51. The van der Waals surface area contributed by atoms with Crippen molar-refractivity contribution >= 4 is 18.2 Å². The summed E-state index contributed by atoms with van der Waals surface area (Å²) >= 11 is 0. The lowest BCUT2D eigenvalue weighted by molar-refractivity contribution is -0.165. The van der Waals surface area contributed by atoms with Crippen LogP contribution in [0.4, 0.5) is 0 Å². The van der Waals surface area contributed by atoms with Gasteiger partial charge in [0.25, 0.3) is 0 Å². The maximum absolute atomic E-state index is 12.8. The van der Waals surface area contributed by atoms with Crippen LogP contribution >= 0.6 is 0 Å². The molecule has 1 aromatic rings. The van der Waals surface area contributed by atoms with E-state index in [1.165, 1.54) is 12.7 Å². The van der Waals surface area contributed by atoms with Gasteiger partial charge in [-0.25, -0.2) is 0 Å². The topological polar surface area (TPSA) is 102 Å². The van der Waals surface area contributed by atoms with Crippen molar-refractivity contribution in [3.05, 3.63) is 35.9 Å². The summed E-state index contributed by atoms with van der Waals surface area (Å²) in [5.74, 6) is -1.02. The molecule has 1 aliphatic heterocycles. The standard InChI is InChI=1S/C29H45NO7/c1-5-28(33)37-27-19-29(34)36-22(3)11-14-30(15-12-23-9-7-6-8-10-23)20-25(32)21(2)17-24(13-16-31)18-26(27)35-4/h6-10,16,21-22,24-27,32H,5,11-15,17-20H2,1-4H3. The molecule has 1 fully saturated rings. The molecule has 2 rings (SSSR count). The number of hydrogen-bond donors (Lipinski definition) is 1. The second-order valence-corrected chi connectivity index (χ2v) is 10.3. The van der Waals surface area contributed by atoms with E-state index >= 15 is 0 Å². The van der Waals surface area contributed by atoms with E-state index in [9.17, 15) is 19.5 Å². The van der Waals surface area contributed by atoms with Crippen LogP contribution in [-0.4, -0.2) is 79.4 Å². The van der Waals surface area contributed by atoms with Gasteiger partial charge in [-0.15, -0.1) is 0 Å². The van der Waals surface area contributed by atoms with Crippen LogP contribution in [-0.2, 0) is 35.0 Å². The van der Waals surface area contributed by atoms with E-state index in [0.29, 0.717) is 38.8 Å². The summed E-state index contributed by atoms with van der Waals surface area (Å²) in [4.78, 5) is 38.6. The minimum absolute atomic E-state index is 0.0567. The molecule has 1 aromatic carbocycles. The summed E-state index contributed by atoms with van der Waals surface area (Å²) in [6.45, 7) is 7.48. The van der Waals surface area contributed by atoms with Gasteiger partial charge in [0.2, 0.25) is 0 Å². The number of methoxy groups -OCH3 is 1. The molecule has 0 bridgehead atoms. The third-order valence-electron chi connectivity index (χ3n) is 7.20. The number of ether oxygens (including phenoxy) is 3. The van der Waals surface area contributed by atoms with Crippen molar-refractivity contribution < 1.29 is 33.7 Å². The molecule has 0 radical (unpaired) electrons. The Bertz CT molecular complexity index is 818. The van der Waals surface area contributed by atoms with Gasteiger partial charge in [0.05, 0.1) is 18.6 Å². The molecule has 0 aromatic heterocycles. The fraction of sp³-hybridized carbons (Fsp3) is 0.690. The first kappa shape index (κ1) is 30.9. The number of aliphatic hydroxyl groups is 1. The zero-order valence-electron chi connectivity index (χ0n) is 22.8. The lowest BCUT2D eigenvalue weighted by Gasteiger charge is -2.31. The smallest absolute Gasteiger partial charge is 0.309 e. The molecule has 1 saturated heterocycles. The van der Waals surface area contributed by atoms with Gasteiger partial charge in [-0.05, 0) is 50.0 Å². The molecular weight excluding hydrogens is 474 g/mol. The SMILES string of the molecule is CCC(=O)OC1CC(=O)OC(C)CCN(CCc2ccccc2)CC(O)C(C)CC(CC=O)CC1OC. The molecule has 6 atom stereocenters. The summed E-state index contributed by atoms with van der Waals surface area (Å²) in [5.41, 5.74) is 1.23. The fourth-order valence-corrected chi connectivity index (χ4v) is 4.87. The summed E-state index contributed by atoms with van der Waals surface area (Å²) in [6, 6.07) is 10.2. The van der Waals surface area contributed by atoms with Gasteiger partial charge in [-0.2, -0.15) is 0 Å². The van der Waals surface area contributed by atoms with E-state index in [0.717, 1.165) is 19.3 Å². The molecule has 8 heteroatoms. The lowest BCUT2D eigenvalue weighted by atomic mass is 9.85. The highest BCUT2D eigenvalue weighted by Crippen LogP contribution is 2.27. The van der Waals surface area contributed by atoms with E-state index in [-0.39, 0.29) is 30.8 Å². The Kier molecular flexibility index (Phi) is 13.8. The minimum Gasteiger partial charge on any atom is -0.463 e. The monoisotopic (exact) mass is 519 g/mol. The number of cyclic esters (lactones) is 1. The van der Waals surface area contributed by atoms with Crippen molar-refractivity contribution in [2.75, 3.05) is 26.7 Å². The van der Waals surface area contributed by atoms with Crippen molar-refractivity contribution in [2.24, 2.45) is 11.8 Å². The zero-order valence-corrected chi connectivity index (χ0v) is 22.8. The Labute approximate surface area is 221 Å². The molecule has 0 spiro atoms. The summed E-state index contributed by atoms with van der Waals surface area (Å²) in [6.07, 6.45) is 1.45. The van der Waals surface area contributed by atoms with E-state index in [1.54, 1.807) is 6.92 Å². The number of carbonyl (C=O) groups is 3. The highest BCUT2D eigenvalue weighted by molar-refractivity contribution is 5.72. The van der Waals surface area contributed by atoms with Gasteiger partial charge in [0.15, 0.2) is 0 Å². The van der Waals surface area contributed by atoms with Crippen LogP contribution in [0.5, 0.6) is 0 Å². The quantitative estimate of drug-likeness (QED) is 0.411. The van der Waals surface area contributed by atoms with E-state index in [2.05, 4.69) is 17.0 Å². The van der Waals surface area contributed by atoms with Crippen LogP contribution in [0.2, 0.25) is 0 Å². The maximum atomic E-state index is 12.8. The van der Waals surface area contributed by atoms with Crippen molar-refractivity contribution in [2.45, 2.75) is 90.1 Å². The molecule has 8 nitrogen and oxygen atoms in total. The number of aliphatic hydroxyl groups excluding tert-OH is 1. The number of β-amino-alcohol motifs (C(OH)–C–C–N with tert-alkyl or cyclic N) is 1. The number of hydrogen-bond acceptors (Lipinski definition) is 8. The van der Waals surface area contributed by atoms with Gasteiger partial charge in [-0.3, -0.25) is 9.59 Å². The Morgan fingerprint density at radius 3 is 2.57 bits per heavy atom. The third-order valence-corrected chi connectivity index (χ3v) is 7.20. The van der Waals surface area contributed by atoms with Crippen molar-refractivity contribution in [3.63, 3.8) is 0 Å². The van der Waals surface area contributed by atoms with Gasteiger partial charge in [0, 0.05) is 39.6 Å². The predicted molar refractivity (Wildman–Crippen MR) is 141 cm³/mol. The van der Waals surface area contributed by atoms with E-state index in [1.807, 2.05) is 32.0 Å². The van der Waals surface area contributed by atoms with Crippen molar-refractivity contribution in [3.8, 4) is 0 Å². The zero-order chi connectivity index (χ0) is 27.2. The molecule has 1 heterocycles. The molecular formula is C29H45NO7. The molecule has 1 N–H and O–H groups in total. The predicted octanol–water partition coefficient (Wildman–Crippen LogP) is 3.58. The number of aldehydes is 1. The third kappa shape index (κ3) is 11.3. The Morgan fingerprint density at radius 2 is 1.92 bits per heavy atom. The first-order chi connectivity index (χ1) is 17.7. The Balaban J connectivity index is 2.23. The fourth-order valence-electron chi connectivity index (χ4n) is 4.87. The number of carbonyl (C=O) groups excluding carboxylic acids is 3. The lowest BCUT2D eigenvalue weighted by Crippen LogP contribution is -2.39. The number of esters is 2. The summed E-state index contributed by atoms with van der Waals surface area (Å²) in [5, 5.41) is 11.1. The van der Waals surface area contributed by atoms with Crippen LogP contribution in [0.15, 0.2) is 30.3 Å². The van der Waals surface area contributed by atoms with E-state index < -0.39 is 30.3 Å². The number of nitrogens with zero attached hydrogens (tertiary/aromatic N) is 1. The van der Waals surface area contributed by atoms with Crippen LogP contribution < -0.4 is 0 Å². The first-order valence-corrected chi connectivity index (χ1v) is 13.5. The molecule has 0 aliphatic carbocycles. The first-order valence-electron chi connectivity index (χ1n) is 13.5.